The van der Waals surface area contributed by atoms with Gasteiger partial charge in [-0.2, -0.15) is 0 Å². The summed E-state index contributed by atoms with van der Waals surface area (Å²) in [7, 11) is -1.24. The molecule has 0 bridgehead atoms. The third-order valence-corrected chi connectivity index (χ3v) is 5.15. The molecular formula is C17H18N2O4S. The Morgan fingerprint density at radius 1 is 1.17 bits per heavy atom. The van der Waals surface area contributed by atoms with Crippen molar-refractivity contribution in [3.63, 3.8) is 0 Å². The number of fused-ring (bicyclic) bond motifs is 1. The molecule has 1 atom stereocenters. The number of carbonyl (C=O) groups excluding carboxylic acids is 2. The van der Waals surface area contributed by atoms with Gasteiger partial charge in [0.25, 0.3) is 11.8 Å². The van der Waals surface area contributed by atoms with Crippen molar-refractivity contribution in [2.24, 2.45) is 0 Å². The molecule has 0 saturated carbocycles. The summed E-state index contributed by atoms with van der Waals surface area (Å²) in [5, 5.41) is 0. The minimum absolute atomic E-state index is 0.133. The number of oxazole rings is 1. The molecule has 1 aliphatic rings. The van der Waals surface area contributed by atoms with Crippen LogP contribution in [-0.2, 0) is 16.6 Å². The molecule has 0 saturated heterocycles. The average molecular weight is 346 g/mol. The van der Waals surface area contributed by atoms with E-state index in [1.54, 1.807) is 24.3 Å². The first-order valence-electron chi connectivity index (χ1n) is 7.71. The van der Waals surface area contributed by atoms with Crippen molar-refractivity contribution in [3.8, 4) is 0 Å². The van der Waals surface area contributed by atoms with Crippen LogP contribution in [0.15, 0.2) is 35.1 Å². The molecular weight excluding hydrogens is 328 g/mol. The van der Waals surface area contributed by atoms with Gasteiger partial charge in [-0.05, 0) is 12.1 Å². The summed E-state index contributed by atoms with van der Waals surface area (Å²) in [4.78, 5) is 29.8. The van der Waals surface area contributed by atoms with Gasteiger partial charge in [-0.15, -0.1) is 0 Å². The Hall–Kier alpha value is -2.28. The van der Waals surface area contributed by atoms with Gasteiger partial charge in [0.05, 0.1) is 22.6 Å². The van der Waals surface area contributed by atoms with E-state index < -0.39 is 10.8 Å². The minimum Gasteiger partial charge on any atom is -0.448 e. The second kappa shape index (κ2) is 6.68. The Balaban J connectivity index is 1.62. The maximum atomic E-state index is 12.3. The van der Waals surface area contributed by atoms with Crippen LogP contribution in [-0.4, -0.2) is 38.2 Å². The molecule has 2 heterocycles. The summed E-state index contributed by atoms with van der Waals surface area (Å²) in [5.41, 5.74) is 1.49. The molecule has 1 aromatic carbocycles. The summed E-state index contributed by atoms with van der Waals surface area (Å²) < 4.78 is 17.6. The van der Waals surface area contributed by atoms with Crippen LogP contribution in [0.1, 0.15) is 51.9 Å². The Kier molecular flexibility index (Phi) is 4.62. The molecule has 0 N–H and O–H groups in total. The van der Waals surface area contributed by atoms with Gasteiger partial charge < -0.3 is 4.42 Å². The third kappa shape index (κ3) is 3.03. The van der Waals surface area contributed by atoms with E-state index in [2.05, 4.69) is 4.98 Å². The molecule has 0 aliphatic carbocycles. The number of hydrogen-bond donors (Lipinski definition) is 0. The Labute approximate surface area is 142 Å². The lowest BCUT2D eigenvalue weighted by Crippen LogP contribution is -2.33. The van der Waals surface area contributed by atoms with Crippen LogP contribution in [0.3, 0.4) is 0 Å². The number of rotatable bonds is 6. The van der Waals surface area contributed by atoms with E-state index in [0.717, 1.165) is 10.7 Å². The van der Waals surface area contributed by atoms with Crippen LogP contribution in [0.2, 0.25) is 0 Å². The Bertz CT molecular complexity index is 777. The largest absolute Gasteiger partial charge is 0.448 e. The second-order valence-corrected chi connectivity index (χ2v) is 7.49. The van der Waals surface area contributed by atoms with Gasteiger partial charge in [-0.3, -0.25) is 18.7 Å². The van der Waals surface area contributed by atoms with E-state index in [0.29, 0.717) is 16.8 Å². The molecule has 6 nitrogen and oxygen atoms in total. The zero-order chi connectivity index (χ0) is 17.3. The van der Waals surface area contributed by atoms with Gasteiger partial charge >= 0.3 is 0 Å². The van der Waals surface area contributed by atoms with Crippen LogP contribution in [0, 0.1) is 0 Å². The number of carbonyl (C=O) groups is 2. The first-order chi connectivity index (χ1) is 11.5. The smallest absolute Gasteiger partial charge is 0.261 e. The van der Waals surface area contributed by atoms with Crippen molar-refractivity contribution in [3.05, 3.63) is 53.2 Å². The maximum Gasteiger partial charge on any atom is 0.261 e. The number of imide groups is 1. The fourth-order valence-corrected chi connectivity index (χ4v) is 3.77. The van der Waals surface area contributed by atoms with E-state index in [1.165, 1.54) is 6.39 Å². The predicted molar refractivity (Wildman–Crippen MR) is 89.1 cm³/mol. The molecule has 3 rings (SSSR count). The van der Waals surface area contributed by atoms with Gasteiger partial charge in [-0.1, -0.05) is 26.0 Å². The zero-order valence-electron chi connectivity index (χ0n) is 13.5. The SMILES string of the molecule is CC(C)c1ocnc1C[S@](=O)CCN1C(=O)c2ccccc2C1=O. The number of aromatic nitrogens is 1. The molecule has 126 valence electrons. The summed E-state index contributed by atoms with van der Waals surface area (Å²) in [5.74, 6) is 0.719. The van der Waals surface area contributed by atoms with Crippen LogP contribution in [0.4, 0.5) is 0 Å². The monoisotopic (exact) mass is 346 g/mol. The molecule has 0 fully saturated rings. The van der Waals surface area contributed by atoms with Crippen molar-refractivity contribution < 1.29 is 18.2 Å². The highest BCUT2D eigenvalue weighted by molar-refractivity contribution is 7.84. The van der Waals surface area contributed by atoms with Crippen molar-refractivity contribution >= 4 is 22.6 Å². The topological polar surface area (TPSA) is 80.5 Å². The van der Waals surface area contributed by atoms with Crippen LogP contribution in [0.5, 0.6) is 0 Å². The molecule has 2 amide bonds. The van der Waals surface area contributed by atoms with Crippen LogP contribution in [0.25, 0.3) is 0 Å². The lowest BCUT2D eigenvalue weighted by atomic mass is 10.1. The van der Waals surface area contributed by atoms with Crippen LogP contribution >= 0.6 is 0 Å². The van der Waals surface area contributed by atoms with E-state index in [9.17, 15) is 13.8 Å². The lowest BCUT2D eigenvalue weighted by molar-refractivity contribution is 0.0664. The fourth-order valence-electron chi connectivity index (χ4n) is 2.72. The van der Waals surface area contributed by atoms with Crippen molar-refractivity contribution in [1.29, 1.82) is 0 Å². The van der Waals surface area contributed by atoms with Gasteiger partial charge in [0, 0.05) is 29.0 Å². The maximum absolute atomic E-state index is 12.3. The lowest BCUT2D eigenvalue weighted by Gasteiger charge is -2.13. The highest BCUT2D eigenvalue weighted by Crippen LogP contribution is 2.23. The van der Waals surface area contributed by atoms with E-state index in [1.807, 2.05) is 13.8 Å². The second-order valence-electron chi connectivity index (χ2n) is 5.91. The molecule has 2 aromatic rings. The van der Waals surface area contributed by atoms with Gasteiger partial charge in [0.2, 0.25) is 0 Å². The average Bonchev–Trinajstić information content (AvgIpc) is 3.11. The summed E-state index contributed by atoms with van der Waals surface area (Å²) in [6, 6.07) is 6.72. The number of amides is 2. The summed E-state index contributed by atoms with van der Waals surface area (Å²) in [6.07, 6.45) is 1.35. The molecule has 7 heteroatoms. The Morgan fingerprint density at radius 3 is 2.38 bits per heavy atom. The van der Waals surface area contributed by atoms with Gasteiger partial charge in [0.15, 0.2) is 6.39 Å². The molecule has 1 aromatic heterocycles. The summed E-state index contributed by atoms with van der Waals surface area (Å²) in [6.45, 7) is 4.09. The molecule has 24 heavy (non-hydrogen) atoms. The van der Waals surface area contributed by atoms with Crippen molar-refractivity contribution in [2.75, 3.05) is 12.3 Å². The molecule has 1 aliphatic heterocycles. The number of nitrogens with zero attached hydrogens (tertiary/aromatic N) is 2. The van der Waals surface area contributed by atoms with Crippen molar-refractivity contribution in [1.82, 2.24) is 9.88 Å². The number of benzene rings is 1. The van der Waals surface area contributed by atoms with Gasteiger partial charge in [-0.25, -0.2) is 4.98 Å². The third-order valence-electron chi connectivity index (χ3n) is 3.92. The first-order valence-corrected chi connectivity index (χ1v) is 9.20. The predicted octanol–water partition coefficient (Wildman–Crippen LogP) is 2.34. The Morgan fingerprint density at radius 2 is 1.79 bits per heavy atom. The molecule has 0 radical (unpaired) electrons. The van der Waals surface area contributed by atoms with Crippen LogP contribution < -0.4 is 0 Å². The quantitative estimate of drug-likeness (QED) is 0.750. The first kappa shape index (κ1) is 16.6. The van der Waals surface area contributed by atoms with Gasteiger partial charge in [0.1, 0.15) is 5.76 Å². The summed E-state index contributed by atoms with van der Waals surface area (Å²) >= 11 is 0. The normalized spacial score (nSPS) is 15.2. The number of hydrogen-bond acceptors (Lipinski definition) is 5. The van der Waals surface area contributed by atoms with E-state index in [-0.39, 0.29) is 35.8 Å². The molecule has 0 unspecified atom stereocenters. The standard InChI is InChI=1S/C17H18N2O4S/c1-11(2)15-14(18-10-23-15)9-24(22)8-7-19-16(20)12-5-3-4-6-13(12)17(19)21/h3-6,10-11H,7-9H2,1-2H3/t24-/m1/s1. The fraction of sp³-hybridized carbons (Fsp3) is 0.353. The van der Waals surface area contributed by atoms with E-state index >= 15 is 0 Å². The molecule has 0 spiro atoms. The van der Waals surface area contributed by atoms with Crippen molar-refractivity contribution in [2.45, 2.75) is 25.5 Å². The highest BCUT2D eigenvalue weighted by atomic mass is 32.2. The highest BCUT2D eigenvalue weighted by Gasteiger charge is 2.34. The minimum atomic E-state index is -1.24. The van der Waals surface area contributed by atoms with E-state index in [4.69, 9.17) is 4.42 Å². The zero-order valence-corrected chi connectivity index (χ0v) is 14.3.